The summed E-state index contributed by atoms with van der Waals surface area (Å²) in [6, 6.07) is 1.98. The van der Waals surface area contributed by atoms with E-state index < -0.39 is 35.4 Å². The van der Waals surface area contributed by atoms with Crippen LogP contribution < -0.4 is 0 Å². The van der Waals surface area contributed by atoms with Crippen LogP contribution in [0.25, 0.3) is 0 Å². The lowest BCUT2D eigenvalue weighted by atomic mass is 10.1. The summed E-state index contributed by atoms with van der Waals surface area (Å²) in [5.74, 6) is -2.71. The van der Waals surface area contributed by atoms with Crippen molar-refractivity contribution in [3.63, 3.8) is 0 Å². The second-order valence-electron chi connectivity index (χ2n) is 4.34. The van der Waals surface area contributed by atoms with Gasteiger partial charge in [-0.1, -0.05) is 13.3 Å². The second kappa shape index (κ2) is 6.29. The van der Waals surface area contributed by atoms with E-state index in [9.17, 15) is 25.2 Å². The van der Waals surface area contributed by atoms with Gasteiger partial charge in [0.25, 0.3) is 0 Å². The van der Waals surface area contributed by atoms with Crippen LogP contribution in [-0.2, 0) is 4.74 Å². The van der Waals surface area contributed by atoms with E-state index >= 15 is 0 Å². The average molecular weight is 270 g/mol. The fourth-order valence-corrected chi connectivity index (χ4v) is 1.61. The molecule has 2 unspecified atom stereocenters. The van der Waals surface area contributed by atoms with Crippen molar-refractivity contribution in [2.24, 2.45) is 0 Å². The molecule has 6 nitrogen and oxygen atoms in total. The predicted molar refractivity (Wildman–Crippen MR) is 67.2 cm³/mol. The first kappa shape index (κ1) is 15.1. The Morgan fingerprint density at radius 3 is 2.21 bits per heavy atom. The van der Waals surface area contributed by atoms with Gasteiger partial charge in [0.2, 0.25) is 0 Å². The summed E-state index contributed by atoms with van der Waals surface area (Å²) in [5.41, 5.74) is -0.102. The van der Waals surface area contributed by atoms with E-state index in [1.165, 1.54) is 6.92 Å². The Balaban J connectivity index is 2.88. The molecular weight excluding hydrogens is 252 g/mol. The van der Waals surface area contributed by atoms with Crippen LogP contribution in [-0.4, -0.2) is 38.6 Å². The van der Waals surface area contributed by atoms with E-state index in [1.807, 2.05) is 6.92 Å². The smallest absolute Gasteiger partial charge is 0.338 e. The zero-order valence-electron chi connectivity index (χ0n) is 10.8. The quantitative estimate of drug-likeness (QED) is 0.477. The van der Waals surface area contributed by atoms with Crippen LogP contribution in [0.4, 0.5) is 0 Å². The number of aliphatic hydroxyl groups excluding tert-OH is 1. The Bertz CT molecular complexity index is 431. The fourth-order valence-electron chi connectivity index (χ4n) is 1.61. The molecule has 0 saturated heterocycles. The zero-order chi connectivity index (χ0) is 14.6. The molecule has 0 radical (unpaired) electrons. The summed E-state index contributed by atoms with van der Waals surface area (Å²) in [5, 5.41) is 37.3. The van der Waals surface area contributed by atoms with Crippen molar-refractivity contribution in [2.75, 3.05) is 0 Å². The normalized spacial score (nSPS) is 13.8. The van der Waals surface area contributed by atoms with Gasteiger partial charge in [-0.25, -0.2) is 4.79 Å². The highest BCUT2D eigenvalue weighted by Gasteiger charge is 2.21. The Morgan fingerprint density at radius 1 is 1.26 bits per heavy atom. The average Bonchev–Trinajstić information content (AvgIpc) is 2.34. The van der Waals surface area contributed by atoms with Gasteiger partial charge in [-0.3, -0.25) is 0 Å². The third-order valence-corrected chi connectivity index (χ3v) is 2.68. The van der Waals surface area contributed by atoms with Gasteiger partial charge in [-0.05, 0) is 25.5 Å². The molecule has 1 rings (SSSR count). The summed E-state index contributed by atoms with van der Waals surface area (Å²) < 4.78 is 5.10. The number of phenols is 3. The van der Waals surface area contributed by atoms with E-state index in [0.717, 1.165) is 18.6 Å². The number of benzene rings is 1. The van der Waals surface area contributed by atoms with Gasteiger partial charge in [0, 0.05) is 0 Å². The Hall–Kier alpha value is -1.95. The minimum absolute atomic E-state index is 0.102. The molecule has 19 heavy (non-hydrogen) atoms. The molecule has 0 aliphatic rings. The largest absolute Gasteiger partial charge is 0.504 e. The molecule has 0 aromatic heterocycles. The molecule has 0 saturated carbocycles. The van der Waals surface area contributed by atoms with Crippen LogP contribution in [0, 0.1) is 0 Å². The van der Waals surface area contributed by atoms with Gasteiger partial charge in [-0.2, -0.15) is 0 Å². The van der Waals surface area contributed by atoms with Gasteiger partial charge < -0.3 is 25.2 Å². The Morgan fingerprint density at radius 2 is 1.79 bits per heavy atom. The minimum Gasteiger partial charge on any atom is -0.504 e. The molecule has 0 heterocycles. The van der Waals surface area contributed by atoms with Gasteiger partial charge in [-0.15, -0.1) is 0 Å². The number of hydrogen-bond donors (Lipinski definition) is 4. The van der Waals surface area contributed by atoms with Crippen molar-refractivity contribution in [1.29, 1.82) is 0 Å². The number of ether oxygens (including phenoxy) is 1. The molecule has 1 aromatic rings. The predicted octanol–water partition coefficient (Wildman–Crippen LogP) is 1.51. The van der Waals surface area contributed by atoms with E-state index in [0.29, 0.717) is 6.42 Å². The molecule has 0 bridgehead atoms. The molecule has 0 spiro atoms. The molecular formula is C13H18O6. The van der Waals surface area contributed by atoms with E-state index in [4.69, 9.17) is 4.74 Å². The highest BCUT2D eigenvalue weighted by atomic mass is 16.6. The third kappa shape index (κ3) is 3.75. The lowest BCUT2D eigenvalue weighted by Gasteiger charge is -2.20. The lowest BCUT2D eigenvalue weighted by Crippen LogP contribution is -2.29. The van der Waals surface area contributed by atoms with Gasteiger partial charge in [0.15, 0.2) is 17.2 Å². The maximum absolute atomic E-state index is 11.8. The molecule has 0 aliphatic carbocycles. The van der Waals surface area contributed by atoms with Crippen LogP contribution in [0.2, 0.25) is 0 Å². The third-order valence-electron chi connectivity index (χ3n) is 2.68. The number of carbonyl (C=O) groups is 1. The van der Waals surface area contributed by atoms with Crippen molar-refractivity contribution < 1.29 is 30.0 Å². The summed E-state index contributed by atoms with van der Waals surface area (Å²) in [6.45, 7) is 3.40. The molecule has 106 valence electrons. The number of esters is 1. The van der Waals surface area contributed by atoms with Crippen molar-refractivity contribution in [3.8, 4) is 17.2 Å². The van der Waals surface area contributed by atoms with Crippen LogP contribution in [0.15, 0.2) is 12.1 Å². The van der Waals surface area contributed by atoms with Gasteiger partial charge in [0.05, 0.1) is 11.7 Å². The van der Waals surface area contributed by atoms with Crippen LogP contribution in [0.1, 0.15) is 37.0 Å². The summed E-state index contributed by atoms with van der Waals surface area (Å²) in [4.78, 5) is 11.8. The second-order valence-corrected chi connectivity index (χ2v) is 4.34. The number of rotatable bonds is 5. The van der Waals surface area contributed by atoms with Crippen molar-refractivity contribution in [3.05, 3.63) is 17.7 Å². The Labute approximate surface area is 110 Å². The van der Waals surface area contributed by atoms with Crippen LogP contribution >= 0.6 is 0 Å². The van der Waals surface area contributed by atoms with Crippen LogP contribution in [0.3, 0.4) is 0 Å². The first-order valence-electron chi connectivity index (χ1n) is 6.00. The molecule has 6 heteroatoms. The summed E-state index contributed by atoms with van der Waals surface area (Å²) in [7, 11) is 0. The number of aromatic hydroxyl groups is 3. The topological polar surface area (TPSA) is 107 Å². The molecule has 0 fully saturated rings. The van der Waals surface area contributed by atoms with Crippen molar-refractivity contribution in [2.45, 2.75) is 38.9 Å². The highest BCUT2D eigenvalue weighted by Crippen LogP contribution is 2.35. The van der Waals surface area contributed by atoms with Crippen molar-refractivity contribution in [1.82, 2.24) is 0 Å². The molecule has 4 N–H and O–H groups in total. The first-order valence-corrected chi connectivity index (χ1v) is 6.00. The molecule has 2 atom stereocenters. The molecule has 0 amide bonds. The molecule has 0 aliphatic heterocycles. The minimum atomic E-state index is -0.816. The number of aliphatic hydroxyl groups is 1. The van der Waals surface area contributed by atoms with E-state index in [1.54, 1.807) is 0 Å². The SMILES string of the molecule is CCCC(OC(=O)c1cc(O)c(O)c(O)c1)C(C)O. The van der Waals surface area contributed by atoms with Gasteiger partial charge >= 0.3 is 5.97 Å². The maximum Gasteiger partial charge on any atom is 0.338 e. The maximum atomic E-state index is 11.8. The Kier molecular flexibility index (Phi) is 5.00. The first-order chi connectivity index (χ1) is 8.86. The number of hydrogen-bond acceptors (Lipinski definition) is 6. The zero-order valence-corrected chi connectivity index (χ0v) is 10.8. The van der Waals surface area contributed by atoms with E-state index in [2.05, 4.69) is 0 Å². The summed E-state index contributed by atoms with van der Waals surface area (Å²) in [6.07, 6.45) is -0.243. The van der Waals surface area contributed by atoms with Gasteiger partial charge in [0.1, 0.15) is 6.10 Å². The summed E-state index contributed by atoms with van der Waals surface area (Å²) >= 11 is 0. The van der Waals surface area contributed by atoms with Crippen LogP contribution in [0.5, 0.6) is 17.2 Å². The number of phenolic OH excluding ortho intramolecular Hbond substituents is 3. The highest BCUT2D eigenvalue weighted by molar-refractivity contribution is 5.91. The fraction of sp³-hybridized carbons (Fsp3) is 0.462. The monoisotopic (exact) mass is 270 g/mol. The molecule has 1 aromatic carbocycles. The lowest BCUT2D eigenvalue weighted by molar-refractivity contribution is -0.0155. The standard InChI is InChI=1S/C13H18O6/c1-3-4-11(7(2)14)19-13(18)8-5-9(15)12(17)10(16)6-8/h5-7,11,14-17H,3-4H2,1-2H3. The van der Waals surface area contributed by atoms with Crippen molar-refractivity contribution >= 4 is 5.97 Å². The van der Waals surface area contributed by atoms with E-state index in [-0.39, 0.29) is 5.56 Å². The number of carbonyl (C=O) groups excluding carboxylic acids is 1.